The molecule has 2 rings (SSSR count). The van der Waals surface area contributed by atoms with Crippen LogP contribution in [0.25, 0.3) is 0 Å². The molecule has 5 nitrogen and oxygen atoms in total. The number of aliphatic carboxylic acids is 1. The molecule has 1 aromatic rings. The first-order valence-electron chi connectivity index (χ1n) is 6.41. The van der Waals surface area contributed by atoms with Crippen LogP contribution in [0.5, 0.6) is 11.5 Å². The molecule has 2 heterocycles. The molecule has 1 atom stereocenters. The van der Waals surface area contributed by atoms with Crippen LogP contribution in [-0.2, 0) is 9.53 Å². The molecule has 0 aliphatic carbocycles. The predicted molar refractivity (Wildman–Crippen MR) is 71.2 cm³/mol. The van der Waals surface area contributed by atoms with Crippen LogP contribution in [0.2, 0.25) is 0 Å². The Morgan fingerprint density at radius 2 is 2.21 bits per heavy atom. The summed E-state index contributed by atoms with van der Waals surface area (Å²) >= 11 is 1.56. The maximum atomic E-state index is 10.3. The molecular formula is C13H18O5S. The van der Waals surface area contributed by atoms with Crippen molar-refractivity contribution < 1.29 is 24.1 Å². The minimum Gasteiger partial charge on any atom is -0.485 e. The van der Waals surface area contributed by atoms with Crippen molar-refractivity contribution in [1.82, 2.24) is 0 Å². The van der Waals surface area contributed by atoms with E-state index in [1.807, 2.05) is 10.8 Å². The van der Waals surface area contributed by atoms with Crippen LogP contribution < -0.4 is 9.47 Å². The number of carboxylic acids is 1. The number of carbonyl (C=O) groups is 1. The van der Waals surface area contributed by atoms with Gasteiger partial charge in [-0.2, -0.15) is 0 Å². The molecule has 1 unspecified atom stereocenters. The molecule has 0 saturated heterocycles. The normalized spacial score (nSPS) is 17.4. The van der Waals surface area contributed by atoms with Crippen molar-refractivity contribution in [3.05, 3.63) is 10.8 Å². The summed E-state index contributed by atoms with van der Waals surface area (Å²) in [5, 5.41) is 12.3. The van der Waals surface area contributed by atoms with Crippen molar-refractivity contribution in [1.29, 1.82) is 0 Å². The van der Waals surface area contributed by atoms with E-state index in [4.69, 9.17) is 19.3 Å². The van der Waals surface area contributed by atoms with Crippen molar-refractivity contribution >= 4 is 17.3 Å². The Morgan fingerprint density at radius 1 is 1.37 bits per heavy atom. The highest BCUT2D eigenvalue weighted by Gasteiger charge is 2.21. The fourth-order valence-electron chi connectivity index (χ4n) is 1.82. The number of ether oxygens (including phenoxy) is 3. The summed E-state index contributed by atoms with van der Waals surface area (Å²) in [5.41, 5.74) is 0. The summed E-state index contributed by atoms with van der Waals surface area (Å²) < 4.78 is 16.8. The largest absolute Gasteiger partial charge is 0.485 e. The number of hydrogen-bond donors (Lipinski definition) is 1. The van der Waals surface area contributed by atoms with Gasteiger partial charge in [-0.1, -0.05) is 6.42 Å². The van der Waals surface area contributed by atoms with Crippen LogP contribution in [0, 0.1) is 0 Å². The Bertz CT molecular complexity index is 403. The Hall–Kier alpha value is -1.27. The van der Waals surface area contributed by atoms with Crippen LogP contribution in [0.1, 0.15) is 25.7 Å². The predicted octanol–water partition coefficient (Wildman–Crippen LogP) is 2.55. The molecule has 19 heavy (non-hydrogen) atoms. The van der Waals surface area contributed by atoms with Gasteiger partial charge in [0, 0.05) is 23.8 Å². The number of hydrogen-bond acceptors (Lipinski definition) is 5. The Morgan fingerprint density at radius 3 is 3.05 bits per heavy atom. The van der Waals surface area contributed by atoms with Crippen molar-refractivity contribution in [2.24, 2.45) is 0 Å². The van der Waals surface area contributed by atoms with Crippen LogP contribution in [0.3, 0.4) is 0 Å². The second kappa shape index (κ2) is 7.35. The molecule has 1 aliphatic rings. The minimum atomic E-state index is -0.736. The lowest BCUT2D eigenvalue weighted by Crippen LogP contribution is -2.33. The molecule has 0 fully saturated rings. The SMILES string of the molecule is O=C(O)CCCCCOCC1COc2cscc2O1. The molecule has 0 bridgehead atoms. The molecular weight excluding hydrogens is 268 g/mol. The summed E-state index contributed by atoms with van der Waals surface area (Å²) in [6.45, 7) is 1.66. The van der Waals surface area contributed by atoms with E-state index in [0.717, 1.165) is 24.3 Å². The van der Waals surface area contributed by atoms with Gasteiger partial charge in [0.05, 0.1) is 6.61 Å². The number of carboxylic acid groups (broad SMARTS) is 1. The summed E-state index contributed by atoms with van der Waals surface area (Å²) in [5.74, 6) is 0.876. The van der Waals surface area contributed by atoms with Gasteiger partial charge in [0.25, 0.3) is 0 Å². The molecule has 0 aromatic carbocycles. The lowest BCUT2D eigenvalue weighted by molar-refractivity contribution is -0.137. The van der Waals surface area contributed by atoms with Crippen molar-refractivity contribution in [2.45, 2.75) is 31.8 Å². The zero-order valence-electron chi connectivity index (χ0n) is 10.7. The minimum absolute atomic E-state index is 0.0545. The third kappa shape index (κ3) is 4.72. The van der Waals surface area contributed by atoms with Crippen LogP contribution >= 0.6 is 11.3 Å². The van der Waals surface area contributed by atoms with Crippen molar-refractivity contribution in [2.75, 3.05) is 19.8 Å². The zero-order chi connectivity index (χ0) is 13.5. The van der Waals surface area contributed by atoms with E-state index in [2.05, 4.69) is 0 Å². The number of thiophene rings is 1. The standard InChI is InChI=1S/C13H18O5S/c14-13(15)4-2-1-3-5-16-6-10-7-17-11-8-19-9-12(11)18-10/h8-10H,1-7H2,(H,14,15). The lowest BCUT2D eigenvalue weighted by Gasteiger charge is -2.24. The monoisotopic (exact) mass is 286 g/mol. The van der Waals surface area contributed by atoms with Crippen molar-refractivity contribution in [3.8, 4) is 11.5 Å². The average molecular weight is 286 g/mol. The molecule has 1 N–H and O–H groups in total. The summed E-state index contributed by atoms with van der Waals surface area (Å²) in [7, 11) is 0. The first-order valence-corrected chi connectivity index (χ1v) is 7.35. The van der Waals surface area contributed by atoms with Gasteiger partial charge in [0.1, 0.15) is 6.61 Å². The van der Waals surface area contributed by atoms with Gasteiger partial charge in [-0.25, -0.2) is 0 Å². The molecule has 0 radical (unpaired) electrons. The van der Waals surface area contributed by atoms with E-state index in [0.29, 0.717) is 26.2 Å². The van der Waals surface area contributed by atoms with Crippen LogP contribution in [0.4, 0.5) is 0 Å². The first-order chi connectivity index (χ1) is 9.25. The van der Waals surface area contributed by atoms with E-state index in [9.17, 15) is 4.79 Å². The number of rotatable bonds is 8. The summed E-state index contributed by atoms with van der Waals surface area (Å²) in [4.78, 5) is 10.3. The highest BCUT2D eigenvalue weighted by Crippen LogP contribution is 2.35. The lowest BCUT2D eigenvalue weighted by atomic mass is 10.2. The van der Waals surface area contributed by atoms with E-state index >= 15 is 0 Å². The van der Waals surface area contributed by atoms with Gasteiger partial charge >= 0.3 is 5.97 Å². The topological polar surface area (TPSA) is 65.0 Å². The van der Waals surface area contributed by atoms with Crippen LogP contribution in [0.15, 0.2) is 10.8 Å². The third-order valence-electron chi connectivity index (χ3n) is 2.79. The Balaban J connectivity index is 1.52. The average Bonchev–Trinajstić information content (AvgIpc) is 2.84. The molecule has 0 amide bonds. The van der Waals surface area contributed by atoms with E-state index in [1.165, 1.54) is 0 Å². The Labute approximate surface area is 116 Å². The van der Waals surface area contributed by atoms with E-state index in [-0.39, 0.29) is 12.5 Å². The maximum absolute atomic E-state index is 10.3. The Kier molecular flexibility index (Phi) is 5.47. The fraction of sp³-hybridized carbons (Fsp3) is 0.615. The number of unbranched alkanes of at least 4 members (excludes halogenated alkanes) is 2. The molecule has 1 aliphatic heterocycles. The third-order valence-corrected chi connectivity index (χ3v) is 3.49. The first kappa shape index (κ1) is 14.1. The van der Waals surface area contributed by atoms with Crippen molar-refractivity contribution in [3.63, 3.8) is 0 Å². The second-order valence-electron chi connectivity index (χ2n) is 4.43. The molecule has 106 valence electrons. The molecule has 0 spiro atoms. The van der Waals surface area contributed by atoms with Gasteiger partial charge in [-0.05, 0) is 12.8 Å². The fourth-order valence-corrected chi connectivity index (χ4v) is 2.49. The van der Waals surface area contributed by atoms with Gasteiger partial charge in [-0.15, -0.1) is 11.3 Å². The van der Waals surface area contributed by atoms with Gasteiger partial charge < -0.3 is 19.3 Å². The number of fused-ring (bicyclic) bond motifs is 1. The second-order valence-corrected chi connectivity index (χ2v) is 5.17. The molecule has 1 aromatic heterocycles. The maximum Gasteiger partial charge on any atom is 0.303 e. The molecule has 0 saturated carbocycles. The molecule has 6 heteroatoms. The summed E-state index contributed by atoms with van der Waals surface area (Å²) in [6, 6.07) is 0. The van der Waals surface area contributed by atoms with E-state index in [1.54, 1.807) is 11.3 Å². The highest BCUT2D eigenvalue weighted by atomic mass is 32.1. The zero-order valence-corrected chi connectivity index (χ0v) is 11.5. The highest BCUT2D eigenvalue weighted by molar-refractivity contribution is 7.08. The van der Waals surface area contributed by atoms with E-state index < -0.39 is 5.97 Å². The van der Waals surface area contributed by atoms with Gasteiger partial charge in [0.2, 0.25) is 0 Å². The van der Waals surface area contributed by atoms with Gasteiger partial charge in [-0.3, -0.25) is 4.79 Å². The summed E-state index contributed by atoms with van der Waals surface area (Å²) in [6.07, 6.45) is 2.65. The quantitative estimate of drug-likeness (QED) is 0.744. The van der Waals surface area contributed by atoms with Crippen LogP contribution in [-0.4, -0.2) is 37.0 Å². The smallest absolute Gasteiger partial charge is 0.303 e. The van der Waals surface area contributed by atoms with Gasteiger partial charge in [0.15, 0.2) is 17.6 Å².